The van der Waals surface area contributed by atoms with Crippen LogP contribution >= 0.6 is 0 Å². The lowest BCUT2D eigenvalue weighted by Gasteiger charge is -2.32. The van der Waals surface area contributed by atoms with Crippen molar-refractivity contribution in [1.29, 1.82) is 0 Å². The van der Waals surface area contributed by atoms with E-state index in [1.165, 1.54) is 0 Å². The monoisotopic (exact) mass is 272 g/mol. The first-order valence-corrected chi connectivity index (χ1v) is 6.63. The van der Waals surface area contributed by atoms with Crippen molar-refractivity contribution in [3.63, 3.8) is 0 Å². The third kappa shape index (κ3) is 1.87. The molecule has 1 N–H and O–H groups in total. The molecule has 1 fully saturated rings. The normalized spacial score (nSPS) is 20.5. The molecule has 3 heterocycles. The Hall–Kier alpha value is -1.66. The second-order valence-electron chi connectivity index (χ2n) is 6.09. The van der Waals surface area contributed by atoms with Crippen LogP contribution in [-0.4, -0.2) is 28.3 Å². The van der Waals surface area contributed by atoms with Crippen molar-refractivity contribution in [3.05, 3.63) is 35.0 Å². The first-order valence-electron chi connectivity index (χ1n) is 6.63. The first-order chi connectivity index (χ1) is 9.32. The van der Waals surface area contributed by atoms with Crippen molar-refractivity contribution in [2.45, 2.75) is 38.9 Å². The fraction of sp³-hybridized carbons (Fsp3) is 0.429. The van der Waals surface area contributed by atoms with Crippen molar-refractivity contribution < 1.29 is 9.31 Å². The van der Waals surface area contributed by atoms with E-state index in [-0.39, 0.29) is 5.56 Å². The van der Waals surface area contributed by atoms with Crippen molar-refractivity contribution >= 4 is 23.4 Å². The molecule has 0 bridgehead atoms. The maximum absolute atomic E-state index is 11.8. The highest BCUT2D eigenvalue weighted by molar-refractivity contribution is 6.65. The van der Waals surface area contributed by atoms with Crippen LogP contribution in [0.25, 0.3) is 10.8 Å². The Morgan fingerprint density at radius 2 is 1.75 bits per heavy atom. The number of fused-ring (bicyclic) bond motifs is 1. The average Bonchev–Trinajstić information content (AvgIpc) is 2.58. The standard InChI is InChI=1S/C14H17BN2O3/c1-13(2)14(3,4)20-15(19-13)11-8-16-7-10-9(11)5-6-17-12(10)18/h5-8H,1-4H3,(H,17,18). The molecule has 20 heavy (non-hydrogen) atoms. The van der Waals surface area contributed by atoms with Gasteiger partial charge in [-0.1, -0.05) is 0 Å². The molecule has 0 aliphatic carbocycles. The second-order valence-corrected chi connectivity index (χ2v) is 6.09. The van der Waals surface area contributed by atoms with Gasteiger partial charge in [0.1, 0.15) is 0 Å². The molecule has 0 spiro atoms. The summed E-state index contributed by atoms with van der Waals surface area (Å²) in [6.45, 7) is 7.99. The Balaban J connectivity index is 2.13. The molecule has 3 rings (SSSR count). The number of rotatable bonds is 1. The van der Waals surface area contributed by atoms with E-state index < -0.39 is 18.3 Å². The van der Waals surface area contributed by atoms with Crippen molar-refractivity contribution in [3.8, 4) is 0 Å². The summed E-state index contributed by atoms with van der Waals surface area (Å²) in [4.78, 5) is 18.6. The summed E-state index contributed by atoms with van der Waals surface area (Å²) in [5.41, 5.74) is -0.206. The Kier molecular flexibility index (Phi) is 2.78. The molecule has 5 nitrogen and oxygen atoms in total. The molecule has 0 aromatic carbocycles. The smallest absolute Gasteiger partial charge is 0.399 e. The molecule has 2 aromatic heterocycles. The molecule has 1 aliphatic rings. The van der Waals surface area contributed by atoms with Gasteiger partial charge in [0.2, 0.25) is 0 Å². The van der Waals surface area contributed by atoms with E-state index in [0.29, 0.717) is 5.39 Å². The Morgan fingerprint density at radius 1 is 1.10 bits per heavy atom. The molecule has 6 heteroatoms. The number of hydrogen-bond acceptors (Lipinski definition) is 4. The number of pyridine rings is 2. The predicted octanol–water partition coefficient (Wildman–Crippen LogP) is 1.22. The minimum Gasteiger partial charge on any atom is -0.399 e. The van der Waals surface area contributed by atoms with Crippen LogP contribution in [-0.2, 0) is 9.31 Å². The van der Waals surface area contributed by atoms with E-state index in [1.54, 1.807) is 18.6 Å². The van der Waals surface area contributed by atoms with E-state index >= 15 is 0 Å². The van der Waals surface area contributed by atoms with Crippen LogP contribution in [0, 0.1) is 0 Å². The van der Waals surface area contributed by atoms with Gasteiger partial charge >= 0.3 is 7.12 Å². The number of nitrogens with one attached hydrogen (secondary N) is 1. The summed E-state index contributed by atoms with van der Waals surface area (Å²) in [5.74, 6) is 0. The molecule has 1 saturated heterocycles. The Labute approximate surface area is 117 Å². The van der Waals surface area contributed by atoms with Gasteiger partial charge in [0.05, 0.1) is 16.6 Å². The number of nitrogens with zero attached hydrogens (tertiary/aromatic N) is 1. The van der Waals surface area contributed by atoms with Gasteiger partial charge in [0, 0.05) is 24.1 Å². The highest BCUT2D eigenvalue weighted by atomic mass is 16.7. The largest absolute Gasteiger partial charge is 0.497 e. The molecule has 0 radical (unpaired) electrons. The SMILES string of the molecule is CC1(C)OB(c2cncc3c(=O)[nH]ccc23)OC1(C)C. The third-order valence-electron chi connectivity index (χ3n) is 4.23. The molecule has 0 amide bonds. The summed E-state index contributed by atoms with van der Waals surface area (Å²) in [6.07, 6.45) is 4.88. The van der Waals surface area contributed by atoms with Crippen LogP contribution < -0.4 is 11.0 Å². The highest BCUT2D eigenvalue weighted by Gasteiger charge is 2.52. The number of aromatic amines is 1. The van der Waals surface area contributed by atoms with Crippen LogP contribution in [0.4, 0.5) is 0 Å². The van der Waals surface area contributed by atoms with Gasteiger partial charge in [-0.15, -0.1) is 0 Å². The Bertz CT molecular complexity index is 708. The lowest BCUT2D eigenvalue weighted by molar-refractivity contribution is 0.00578. The summed E-state index contributed by atoms with van der Waals surface area (Å²) < 4.78 is 12.0. The fourth-order valence-corrected chi connectivity index (χ4v) is 2.29. The molecule has 0 atom stereocenters. The van der Waals surface area contributed by atoms with Gasteiger partial charge in [0.15, 0.2) is 0 Å². The van der Waals surface area contributed by atoms with Crippen molar-refractivity contribution in [2.24, 2.45) is 0 Å². The summed E-state index contributed by atoms with van der Waals surface area (Å²) >= 11 is 0. The third-order valence-corrected chi connectivity index (χ3v) is 4.23. The fourth-order valence-electron chi connectivity index (χ4n) is 2.29. The maximum atomic E-state index is 11.8. The maximum Gasteiger partial charge on any atom is 0.497 e. The van der Waals surface area contributed by atoms with E-state index in [4.69, 9.17) is 9.31 Å². The van der Waals surface area contributed by atoms with Gasteiger partial charge in [-0.25, -0.2) is 0 Å². The van der Waals surface area contributed by atoms with Crippen LogP contribution in [0.1, 0.15) is 27.7 Å². The molecule has 0 saturated carbocycles. The van der Waals surface area contributed by atoms with E-state index in [1.807, 2.05) is 33.8 Å². The summed E-state index contributed by atoms with van der Waals surface area (Å²) in [6, 6.07) is 1.85. The van der Waals surface area contributed by atoms with Crippen LogP contribution in [0.3, 0.4) is 0 Å². The summed E-state index contributed by atoms with van der Waals surface area (Å²) in [7, 11) is -0.516. The van der Waals surface area contributed by atoms with Crippen LogP contribution in [0.15, 0.2) is 29.5 Å². The van der Waals surface area contributed by atoms with Crippen molar-refractivity contribution in [2.75, 3.05) is 0 Å². The zero-order chi connectivity index (χ0) is 14.5. The van der Waals surface area contributed by atoms with Crippen LogP contribution in [0.5, 0.6) is 0 Å². The van der Waals surface area contributed by atoms with Crippen LogP contribution in [0.2, 0.25) is 0 Å². The minimum absolute atomic E-state index is 0.159. The molecule has 2 aromatic rings. The van der Waals surface area contributed by atoms with Gasteiger partial charge in [0.25, 0.3) is 5.56 Å². The minimum atomic E-state index is -0.516. The lowest BCUT2D eigenvalue weighted by atomic mass is 9.77. The van der Waals surface area contributed by atoms with Gasteiger partial charge in [-0.2, -0.15) is 0 Å². The Morgan fingerprint density at radius 3 is 2.40 bits per heavy atom. The van der Waals surface area contributed by atoms with E-state index in [0.717, 1.165) is 10.8 Å². The van der Waals surface area contributed by atoms with E-state index in [2.05, 4.69) is 9.97 Å². The quantitative estimate of drug-likeness (QED) is 0.793. The van der Waals surface area contributed by atoms with Gasteiger partial charge < -0.3 is 14.3 Å². The molecular weight excluding hydrogens is 255 g/mol. The number of H-pyrrole nitrogens is 1. The topological polar surface area (TPSA) is 64.2 Å². The van der Waals surface area contributed by atoms with Gasteiger partial charge in [-0.05, 0) is 39.1 Å². The van der Waals surface area contributed by atoms with Gasteiger partial charge in [-0.3, -0.25) is 9.78 Å². The second kappa shape index (κ2) is 4.17. The van der Waals surface area contributed by atoms with E-state index in [9.17, 15) is 4.79 Å². The first kappa shape index (κ1) is 13.3. The lowest BCUT2D eigenvalue weighted by Crippen LogP contribution is -2.41. The average molecular weight is 272 g/mol. The molecular formula is C14H17BN2O3. The summed E-state index contributed by atoms with van der Waals surface area (Å²) in [5, 5.41) is 1.35. The molecule has 0 unspecified atom stereocenters. The molecule has 104 valence electrons. The van der Waals surface area contributed by atoms with Crippen molar-refractivity contribution in [1.82, 2.24) is 9.97 Å². The molecule has 1 aliphatic heterocycles. The zero-order valence-corrected chi connectivity index (χ0v) is 12.1. The predicted molar refractivity (Wildman–Crippen MR) is 78.1 cm³/mol. The number of hydrogen-bond donors (Lipinski definition) is 1. The zero-order valence-electron chi connectivity index (χ0n) is 12.1. The highest BCUT2D eigenvalue weighted by Crippen LogP contribution is 2.36. The number of aromatic nitrogens is 2.